The molecule has 0 saturated heterocycles. The van der Waals surface area contributed by atoms with Crippen molar-refractivity contribution in [2.45, 2.75) is 6.42 Å². The van der Waals surface area contributed by atoms with Crippen molar-refractivity contribution in [3.63, 3.8) is 0 Å². The van der Waals surface area contributed by atoms with Crippen LogP contribution in [-0.4, -0.2) is 43.6 Å². The van der Waals surface area contributed by atoms with Gasteiger partial charge in [0.05, 0.1) is 0 Å². The first-order valence-electron chi connectivity index (χ1n) is 8.91. The number of H-pyrrole nitrogens is 1. The summed E-state index contributed by atoms with van der Waals surface area (Å²) in [6, 6.07) is 19.3. The van der Waals surface area contributed by atoms with Crippen LogP contribution in [0.15, 0.2) is 60.7 Å². The number of hydrogen-bond donors (Lipinski definition) is 2. The highest BCUT2D eigenvalue weighted by atomic mass is 16.5. The Morgan fingerprint density at radius 3 is 2.59 bits per heavy atom. The van der Waals surface area contributed by atoms with E-state index in [1.54, 1.807) is 6.07 Å². The summed E-state index contributed by atoms with van der Waals surface area (Å²) < 4.78 is 5.07. The molecule has 0 aliphatic heterocycles. The lowest BCUT2D eigenvalue weighted by atomic mass is 10.2. The molecule has 140 valence electrons. The molecule has 1 amide bonds. The standard InChI is InChI=1S/C21H23N3O3/c1-24(17-9-3-2-4-10-17)13-7-12-22-20(25)15-27-21(26)19-14-16-8-5-6-11-18(16)23-19/h2-6,8-11,14,23H,7,12-13,15H2,1H3,(H,22,25). The number of amides is 1. The van der Waals surface area contributed by atoms with Crippen LogP contribution in [-0.2, 0) is 9.53 Å². The highest BCUT2D eigenvalue weighted by Gasteiger charge is 2.12. The van der Waals surface area contributed by atoms with Crippen LogP contribution in [0.25, 0.3) is 10.9 Å². The molecule has 0 aliphatic carbocycles. The van der Waals surface area contributed by atoms with Gasteiger partial charge in [0, 0.05) is 36.7 Å². The van der Waals surface area contributed by atoms with E-state index in [0.29, 0.717) is 12.2 Å². The van der Waals surface area contributed by atoms with Crippen LogP contribution >= 0.6 is 0 Å². The van der Waals surface area contributed by atoms with Crippen LogP contribution in [0.1, 0.15) is 16.9 Å². The highest BCUT2D eigenvalue weighted by Crippen LogP contribution is 2.15. The summed E-state index contributed by atoms with van der Waals surface area (Å²) in [5.74, 6) is -0.841. The molecule has 0 atom stereocenters. The molecule has 0 spiro atoms. The van der Waals surface area contributed by atoms with Crippen LogP contribution in [0, 0.1) is 0 Å². The molecule has 6 nitrogen and oxygen atoms in total. The summed E-state index contributed by atoms with van der Waals surface area (Å²) in [5, 5.41) is 3.70. The fourth-order valence-corrected chi connectivity index (χ4v) is 2.80. The van der Waals surface area contributed by atoms with Gasteiger partial charge in [0.2, 0.25) is 0 Å². The second-order valence-electron chi connectivity index (χ2n) is 6.31. The lowest BCUT2D eigenvalue weighted by Gasteiger charge is -2.19. The second kappa shape index (κ2) is 8.89. The van der Waals surface area contributed by atoms with E-state index in [-0.39, 0.29) is 12.5 Å². The molecule has 0 aliphatic rings. The van der Waals surface area contributed by atoms with Gasteiger partial charge in [-0.05, 0) is 30.7 Å². The predicted molar refractivity (Wildman–Crippen MR) is 106 cm³/mol. The smallest absolute Gasteiger partial charge is 0.355 e. The number of ether oxygens (including phenoxy) is 1. The molecular formula is C21H23N3O3. The number of carbonyl (C=O) groups is 2. The Hall–Kier alpha value is -3.28. The predicted octanol–water partition coefficient (Wildman–Crippen LogP) is 2.97. The molecule has 1 heterocycles. The van der Waals surface area contributed by atoms with Gasteiger partial charge in [0.1, 0.15) is 5.69 Å². The number of rotatable bonds is 8. The zero-order chi connectivity index (χ0) is 19.1. The van der Waals surface area contributed by atoms with Crippen molar-refractivity contribution in [3.8, 4) is 0 Å². The van der Waals surface area contributed by atoms with E-state index < -0.39 is 5.97 Å². The summed E-state index contributed by atoms with van der Waals surface area (Å²) in [6.45, 7) is 1.06. The summed E-state index contributed by atoms with van der Waals surface area (Å²) in [5.41, 5.74) is 2.33. The number of hydrogen-bond acceptors (Lipinski definition) is 4. The van der Waals surface area contributed by atoms with Crippen LogP contribution in [0.2, 0.25) is 0 Å². The second-order valence-corrected chi connectivity index (χ2v) is 6.31. The van der Waals surface area contributed by atoms with E-state index in [2.05, 4.69) is 15.2 Å². The minimum absolute atomic E-state index is 0.289. The molecule has 27 heavy (non-hydrogen) atoms. The number of esters is 1. The van der Waals surface area contributed by atoms with Crippen molar-refractivity contribution in [1.29, 1.82) is 0 Å². The van der Waals surface area contributed by atoms with Crippen LogP contribution in [0.4, 0.5) is 5.69 Å². The van der Waals surface area contributed by atoms with Crippen LogP contribution in [0.3, 0.4) is 0 Å². The van der Waals surface area contributed by atoms with Gasteiger partial charge in [-0.3, -0.25) is 4.79 Å². The summed E-state index contributed by atoms with van der Waals surface area (Å²) >= 11 is 0. The number of anilines is 1. The maximum Gasteiger partial charge on any atom is 0.355 e. The number of carbonyl (C=O) groups excluding carboxylic acids is 2. The van der Waals surface area contributed by atoms with E-state index in [0.717, 1.165) is 29.6 Å². The van der Waals surface area contributed by atoms with Gasteiger partial charge >= 0.3 is 5.97 Å². The zero-order valence-electron chi connectivity index (χ0n) is 15.3. The van der Waals surface area contributed by atoms with E-state index in [1.807, 2.05) is 61.6 Å². The minimum Gasteiger partial charge on any atom is -0.451 e. The largest absolute Gasteiger partial charge is 0.451 e. The third kappa shape index (κ3) is 5.10. The van der Waals surface area contributed by atoms with Gasteiger partial charge in [-0.1, -0.05) is 36.4 Å². The van der Waals surface area contributed by atoms with Crippen LogP contribution in [0.5, 0.6) is 0 Å². The van der Waals surface area contributed by atoms with Crippen molar-refractivity contribution in [2.24, 2.45) is 0 Å². The number of benzene rings is 2. The molecule has 0 fully saturated rings. The van der Waals surface area contributed by atoms with Crippen molar-refractivity contribution in [1.82, 2.24) is 10.3 Å². The molecular weight excluding hydrogens is 342 g/mol. The number of nitrogens with zero attached hydrogens (tertiary/aromatic N) is 1. The van der Waals surface area contributed by atoms with Gasteiger partial charge in [-0.15, -0.1) is 0 Å². The Labute approximate surface area is 158 Å². The summed E-state index contributed by atoms with van der Waals surface area (Å²) in [6.07, 6.45) is 0.799. The van der Waals surface area contributed by atoms with Gasteiger partial charge in [0.25, 0.3) is 5.91 Å². The quantitative estimate of drug-likeness (QED) is 0.475. The van der Waals surface area contributed by atoms with Gasteiger partial charge in [-0.2, -0.15) is 0 Å². The number of nitrogens with one attached hydrogen (secondary N) is 2. The van der Waals surface area contributed by atoms with Crippen molar-refractivity contribution in [2.75, 3.05) is 31.6 Å². The Morgan fingerprint density at radius 2 is 1.81 bits per heavy atom. The third-order valence-corrected chi connectivity index (χ3v) is 4.27. The Kier molecular flexibility index (Phi) is 6.10. The molecule has 6 heteroatoms. The maximum atomic E-state index is 12.1. The number of para-hydroxylation sites is 2. The molecule has 0 saturated carbocycles. The molecule has 3 aromatic rings. The first-order chi connectivity index (χ1) is 13.1. The van der Waals surface area contributed by atoms with E-state index in [1.165, 1.54) is 0 Å². The lowest BCUT2D eigenvalue weighted by molar-refractivity contribution is -0.124. The average molecular weight is 365 g/mol. The number of aromatic nitrogens is 1. The van der Waals surface area contributed by atoms with Crippen molar-refractivity contribution in [3.05, 3.63) is 66.4 Å². The summed E-state index contributed by atoms with van der Waals surface area (Å²) in [4.78, 5) is 29.0. The fourth-order valence-electron chi connectivity index (χ4n) is 2.80. The van der Waals surface area contributed by atoms with Crippen LogP contribution < -0.4 is 10.2 Å². The zero-order valence-corrected chi connectivity index (χ0v) is 15.3. The maximum absolute atomic E-state index is 12.1. The normalized spacial score (nSPS) is 10.6. The van der Waals surface area contributed by atoms with Crippen molar-refractivity contribution >= 4 is 28.5 Å². The molecule has 0 unspecified atom stereocenters. The summed E-state index contributed by atoms with van der Waals surface area (Å²) in [7, 11) is 2.01. The minimum atomic E-state index is -0.537. The SMILES string of the molecule is CN(CCCNC(=O)COC(=O)c1cc2ccccc2[nH]1)c1ccccc1. The lowest BCUT2D eigenvalue weighted by Crippen LogP contribution is -2.31. The number of fused-ring (bicyclic) bond motifs is 1. The first-order valence-corrected chi connectivity index (χ1v) is 8.91. The molecule has 2 N–H and O–H groups in total. The molecule has 0 bridgehead atoms. The Morgan fingerprint density at radius 1 is 1.07 bits per heavy atom. The van der Waals surface area contributed by atoms with E-state index in [4.69, 9.17) is 4.74 Å². The Balaban J connectivity index is 1.36. The van der Waals surface area contributed by atoms with Gasteiger partial charge < -0.3 is 19.9 Å². The van der Waals surface area contributed by atoms with Gasteiger partial charge in [0.15, 0.2) is 6.61 Å². The first kappa shape index (κ1) is 18.5. The van der Waals surface area contributed by atoms with Gasteiger partial charge in [-0.25, -0.2) is 4.79 Å². The highest BCUT2D eigenvalue weighted by molar-refractivity contribution is 5.95. The molecule has 3 rings (SSSR count). The molecule has 2 aromatic carbocycles. The number of aromatic amines is 1. The fraction of sp³-hybridized carbons (Fsp3) is 0.238. The average Bonchev–Trinajstić information content (AvgIpc) is 3.14. The van der Waals surface area contributed by atoms with E-state index >= 15 is 0 Å². The molecule has 1 aromatic heterocycles. The van der Waals surface area contributed by atoms with Crippen molar-refractivity contribution < 1.29 is 14.3 Å². The molecule has 0 radical (unpaired) electrons. The monoisotopic (exact) mass is 365 g/mol. The topological polar surface area (TPSA) is 74.4 Å². The third-order valence-electron chi connectivity index (χ3n) is 4.27. The van der Waals surface area contributed by atoms with E-state index in [9.17, 15) is 9.59 Å². The Bertz CT molecular complexity index is 872.